The fraction of sp³-hybridized carbons (Fsp3) is 0.200. The third-order valence-electron chi connectivity index (χ3n) is 3.19. The summed E-state index contributed by atoms with van der Waals surface area (Å²) >= 11 is 7.94. The number of nitrogens with one attached hydrogen (secondary N) is 1. The van der Waals surface area contributed by atoms with Gasteiger partial charge in [0.25, 0.3) is 0 Å². The van der Waals surface area contributed by atoms with Gasteiger partial charge in [0.1, 0.15) is 0 Å². The molecule has 0 saturated heterocycles. The lowest BCUT2D eigenvalue weighted by molar-refractivity contribution is 0.600. The van der Waals surface area contributed by atoms with E-state index in [1.807, 2.05) is 46.5 Å². The molecule has 1 N–H and O–H groups in total. The van der Waals surface area contributed by atoms with Gasteiger partial charge in [-0.05, 0) is 30.1 Å². The van der Waals surface area contributed by atoms with Gasteiger partial charge in [0, 0.05) is 4.88 Å². The number of aromatic nitrogens is 3. The van der Waals surface area contributed by atoms with Crippen molar-refractivity contribution in [2.75, 3.05) is 6.54 Å². The van der Waals surface area contributed by atoms with Crippen LogP contribution < -0.4 is 5.32 Å². The number of thiophene rings is 1. The molecule has 21 heavy (non-hydrogen) atoms. The number of nitrogens with zero attached hydrogens (tertiary/aromatic N) is 3. The van der Waals surface area contributed by atoms with Gasteiger partial charge in [0.15, 0.2) is 0 Å². The molecule has 1 atom stereocenters. The summed E-state index contributed by atoms with van der Waals surface area (Å²) in [6.45, 7) is 2.91. The van der Waals surface area contributed by atoms with Crippen LogP contribution in [0.5, 0.6) is 0 Å². The molecule has 3 rings (SSSR count). The maximum atomic E-state index is 6.31. The quantitative estimate of drug-likeness (QED) is 0.780. The lowest BCUT2D eigenvalue weighted by Crippen LogP contribution is -2.24. The van der Waals surface area contributed by atoms with Gasteiger partial charge in [-0.3, -0.25) is 0 Å². The zero-order valence-electron chi connectivity index (χ0n) is 11.5. The Bertz CT molecular complexity index is 707. The minimum atomic E-state index is -0.0160. The Kier molecular flexibility index (Phi) is 4.34. The highest BCUT2D eigenvalue weighted by Gasteiger charge is 2.22. The molecule has 2 aromatic heterocycles. The van der Waals surface area contributed by atoms with Crippen LogP contribution in [0.1, 0.15) is 23.5 Å². The number of hydrogen-bond acceptors (Lipinski definition) is 4. The first-order chi connectivity index (χ1) is 10.3. The van der Waals surface area contributed by atoms with E-state index in [1.54, 1.807) is 17.5 Å². The van der Waals surface area contributed by atoms with Crippen LogP contribution in [0.3, 0.4) is 0 Å². The number of para-hydroxylation sites is 1. The molecule has 0 saturated carbocycles. The van der Waals surface area contributed by atoms with Gasteiger partial charge >= 0.3 is 0 Å². The molecule has 4 nitrogen and oxygen atoms in total. The molecule has 108 valence electrons. The molecule has 0 aliphatic carbocycles. The average Bonchev–Trinajstić information content (AvgIpc) is 3.15. The molecule has 0 amide bonds. The van der Waals surface area contributed by atoms with Crippen molar-refractivity contribution in [3.05, 3.63) is 63.6 Å². The molecule has 2 heterocycles. The summed E-state index contributed by atoms with van der Waals surface area (Å²) in [5.74, 6) is 0. The van der Waals surface area contributed by atoms with Crippen molar-refractivity contribution in [2.24, 2.45) is 0 Å². The third kappa shape index (κ3) is 2.85. The minimum absolute atomic E-state index is 0.0160. The topological polar surface area (TPSA) is 42.7 Å². The van der Waals surface area contributed by atoms with Gasteiger partial charge < -0.3 is 5.32 Å². The Balaban J connectivity index is 2.06. The highest BCUT2D eigenvalue weighted by molar-refractivity contribution is 7.10. The van der Waals surface area contributed by atoms with E-state index < -0.39 is 0 Å². The summed E-state index contributed by atoms with van der Waals surface area (Å²) < 4.78 is 1.85. The van der Waals surface area contributed by atoms with E-state index in [9.17, 15) is 0 Å². The minimum Gasteiger partial charge on any atom is -0.304 e. The van der Waals surface area contributed by atoms with Crippen LogP contribution >= 0.6 is 22.9 Å². The van der Waals surface area contributed by atoms with Crippen molar-refractivity contribution in [2.45, 2.75) is 13.0 Å². The molecule has 0 aliphatic heterocycles. The molecule has 6 heteroatoms. The summed E-state index contributed by atoms with van der Waals surface area (Å²) in [5.41, 5.74) is 1.97. The largest absolute Gasteiger partial charge is 0.304 e. The van der Waals surface area contributed by atoms with Gasteiger partial charge in [-0.25, -0.2) is 4.68 Å². The van der Waals surface area contributed by atoms with E-state index in [-0.39, 0.29) is 6.04 Å². The van der Waals surface area contributed by atoms with Crippen LogP contribution in [0.25, 0.3) is 5.69 Å². The van der Waals surface area contributed by atoms with Crippen molar-refractivity contribution in [3.8, 4) is 5.69 Å². The molecular weight excluding hydrogens is 304 g/mol. The smallest absolute Gasteiger partial charge is 0.0877 e. The first-order valence-electron chi connectivity index (χ1n) is 6.73. The van der Waals surface area contributed by atoms with Crippen LogP contribution in [0.15, 0.2) is 48.0 Å². The van der Waals surface area contributed by atoms with Crippen molar-refractivity contribution in [1.82, 2.24) is 20.3 Å². The highest BCUT2D eigenvalue weighted by Crippen LogP contribution is 2.33. The lowest BCUT2D eigenvalue weighted by atomic mass is 10.1. The monoisotopic (exact) mass is 318 g/mol. The van der Waals surface area contributed by atoms with Crippen LogP contribution in [0.4, 0.5) is 0 Å². The SMILES string of the molecule is CCNC(c1sccc1Cl)c1cnnn1-c1ccccc1. The van der Waals surface area contributed by atoms with Crippen molar-refractivity contribution in [1.29, 1.82) is 0 Å². The highest BCUT2D eigenvalue weighted by atomic mass is 35.5. The van der Waals surface area contributed by atoms with Crippen molar-refractivity contribution >= 4 is 22.9 Å². The van der Waals surface area contributed by atoms with Crippen LogP contribution in [-0.4, -0.2) is 21.5 Å². The molecular formula is C15H15ClN4S. The Morgan fingerprint density at radius 1 is 1.29 bits per heavy atom. The molecule has 0 spiro atoms. The Morgan fingerprint density at radius 2 is 2.10 bits per heavy atom. The predicted molar refractivity (Wildman–Crippen MR) is 86.2 cm³/mol. The lowest BCUT2D eigenvalue weighted by Gasteiger charge is -2.18. The fourth-order valence-corrected chi connectivity index (χ4v) is 3.51. The Labute approximate surface area is 132 Å². The second-order valence-electron chi connectivity index (χ2n) is 4.53. The second kappa shape index (κ2) is 6.39. The summed E-state index contributed by atoms with van der Waals surface area (Å²) in [6.07, 6.45) is 1.79. The van der Waals surface area contributed by atoms with E-state index in [2.05, 4.69) is 22.6 Å². The van der Waals surface area contributed by atoms with Gasteiger partial charge in [0.05, 0.1) is 28.6 Å². The molecule has 0 aliphatic rings. The summed E-state index contributed by atoms with van der Waals surface area (Å²) in [5, 5.41) is 14.5. The summed E-state index contributed by atoms with van der Waals surface area (Å²) in [6, 6.07) is 11.9. The van der Waals surface area contributed by atoms with Crippen molar-refractivity contribution in [3.63, 3.8) is 0 Å². The fourth-order valence-electron chi connectivity index (χ4n) is 2.26. The summed E-state index contributed by atoms with van der Waals surface area (Å²) in [7, 11) is 0. The van der Waals surface area contributed by atoms with E-state index >= 15 is 0 Å². The van der Waals surface area contributed by atoms with E-state index in [4.69, 9.17) is 11.6 Å². The second-order valence-corrected chi connectivity index (χ2v) is 5.88. The molecule has 0 bridgehead atoms. The van der Waals surface area contributed by atoms with Crippen LogP contribution in [0.2, 0.25) is 5.02 Å². The molecule has 3 aromatic rings. The molecule has 1 unspecified atom stereocenters. The number of benzene rings is 1. The zero-order valence-corrected chi connectivity index (χ0v) is 13.1. The van der Waals surface area contributed by atoms with E-state index in [0.717, 1.165) is 27.8 Å². The Hall–Kier alpha value is -1.69. The molecule has 0 radical (unpaired) electrons. The Morgan fingerprint density at radius 3 is 2.76 bits per heavy atom. The number of hydrogen-bond donors (Lipinski definition) is 1. The molecule has 0 fully saturated rings. The van der Waals surface area contributed by atoms with Crippen LogP contribution in [-0.2, 0) is 0 Å². The first-order valence-corrected chi connectivity index (χ1v) is 7.99. The maximum Gasteiger partial charge on any atom is 0.0877 e. The normalized spacial score (nSPS) is 12.5. The van der Waals surface area contributed by atoms with Crippen LogP contribution in [0, 0.1) is 0 Å². The zero-order chi connectivity index (χ0) is 14.7. The van der Waals surface area contributed by atoms with Gasteiger partial charge in [-0.2, -0.15) is 0 Å². The maximum absolute atomic E-state index is 6.31. The molecule has 1 aromatic carbocycles. The van der Waals surface area contributed by atoms with E-state index in [0.29, 0.717) is 0 Å². The summed E-state index contributed by atoms with van der Waals surface area (Å²) in [4.78, 5) is 1.08. The third-order valence-corrected chi connectivity index (χ3v) is 4.61. The standard InChI is InChI=1S/C15H15ClN4S/c1-2-17-14(15-12(16)8-9-21-15)13-10-18-19-20(13)11-6-4-3-5-7-11/h3-10,14,17H,2H2,1H3. The van der Waals surface area contributed by atoms with Gasteiger partial charge in [-0.1, -0.05) is 41.9 Å². The average molecular weight is 319 g/mol. The van der Waals surface area contributed by atoms with Gasteiger partial charge in [-0.15, -0.1) is 16.4 Å². The van der Waals surface area contributed by atoms with Gasteiger partial charge in [0.2, 0.25) is 0 Å². The van der Waals surface area contributed by atoms with E-state index in [1.165, 1.54) is 0 Å². The number of rotatable bonds is 5. The first kappa shape index (κ1) is 14.3. The van der Waals surface area contributed by atoms with Crippen molar-refractivity contribution < 1.29 is 0 Å². The number of halogens is 1. The predicted octanol–water partition coefficient (Wildman–Crippen LogP) is 3.68.